The van der Waals surface area contributed by atoms with E-state index in [1.165, 1.54) is 0 Å². The van der Waals surface area contributed by atoms with E-state index in [2.05, 4.69) is 25.6 Å². The van der Waals surface area contributed by atoms with Crippen LogP contribution in [0.1, 0.15) is 21.5 Å². The first-order valence-electron chi connectivity index (χ1n) is 9.75. The van der Waals surface area contributed by atoms with Crippen molar-refractivity contribution >= 4 is 28.6 Å². The Morgan fingerprint density at radius 1 is 1.00 bits per heavy atom. The largest absolute Gasteiger partial charge is 0.416 e. The first-order valence-corrected chi connectivity index (χ1v) is 9.75. The first kappa shape index (κ1) is 22.1. The van der Waals surface area contributed by atoms with E-state index in [0.29, 0.717) is 40.9 Å². The number of nitrogens with one attached hydrogen (secondary N) is 2. The van der Waals surface area contributed by atoms with Gasteiger partial charge in [-0.1, -0.05) is 6.07 Å². The van der Waals surface area contributed by atoms with Crippen molar-refractivity contribution in [3.05, 3.63) is 77.4 Å². The van der Waals surface area contributed by atoms with Crippen LogP contribution in [0, 0.1) is 12.7 Å². The van der Waals surface area contributed by atoms with E-state index in [1.54, 1.807) is 37.6 Å². The lowest BCUT2D eigenvalue weighted by Crippen LogP contribution is -2.16. The van der Waals surface area contributed by atoms with Crippen molar-refractivity contribution in [2.75, 3.05) is 17.7 Å². The zero-order valence-corrected chi connectivity index (χ0v) is 17.5. The smallest absolute Gasteiger partial charge is 0.357 e. The van der Waals surface area contributed by atoms with E-state index in [0.717, 1.165) is 16.7 Å². The number of anilines is 2. The van der Waals surface area contributed by atoms with E-state index in [1.807, 2.05) is 13.0 Å². The second-order valence-corrected chi connectivity index (χ2v) is 7.26. The molecule has 33 heavy (non-hydrogen) atoms. The number of benzene rings is 2. The summed E-state index contributed by atoms with van der Waals surface area (Å²) in [5.41, 5.74) is 1.31. The van der Waals surface area contributed by atoms with Crippen molar-refractivity contribution in [3.63, 3.8) is 0 Å². The molecule has 0 saturated carbocycles. The summed E-state index contributed by atoms with van der Waals surface area (Å²) in [6, 6.07) is 8.50. The molecular formula is C23H17F4N5O. The van der Waals surface area contributed by atoms with Crippen LogP contribution in [0.5, 0.6) is 0 Å². The molecule has 0 radical (unpaired) electrons. The number of halogens is 4. The van der Waals surface area contributed by atoms with Gasteiger partial charge >= 0.3 is 6.18 Å². The number of hydrogen-bond acceptors (Lipinski definition) is 5. The number of carbonyl (C=O) groups excluding carboxylic acids is 1. The average molecular weight is 455 g/mol. The number of fused-ring (bicyclic) bond motifs is 1. The highest BCUT2D eigenvalue weighted by atomic mass is 19.4. The van der Waals surface area contributed by atoms with Crippen molar-refractivity contribution in [2.24, 2.45) is 0 Å². The molecule has 0 unspecified atom stereocenters. The Bertz CT molecular complexity index is 1370. The highest BCUT2D eigenvalue weighted by Crippen LogP contribution is 2.31. The highest BCUT2D eigenvalue weighted by Gasteiger charge is 2.32. The Balaban J connectivity index is 1.66. The molecule has 0 fully saturated rings. The summed E-state index contributed by atoms with van der Waals surface area (Å²) in [6.45, 7) is 1.86. The normalized spacial score (nSPS) is 11.5. The lowest BCUT2D eigenvalue weighted by molar-refractivity contribution is -0.137. The van der Waals surface area contributed by atoms with E-state index in [-0.39, 0.29) is 0 Å². The second kappa shape index (κ2) is 8.45. The SMILES string of the molecule is CNc1ncc2cc(-c3cc(NC(=O)c4cc(C(F)(F)F)ccc4F)ccc3C)cnc2n1. The monoisotopic (exact) mass is 455 g/mol. The number of aryl methyl sites for hydroxylation is 1. The lowest BCUT2D eigenvalue weighted by Gasteiger charge is -2.13. The van der Waals surface area contributed by atoms with Crippen molar-refractivity contribution < 1.29 is 22.4 Å². The molecule has 0 aliphatic carbocycles. The maximum absolute atomic E-state index is 14.1. The lowest BCUT2D eigenvalue weighted by atomic mass is 10.0. The number of pyridine rings is 1. The van der Waals surface area contributed by atoms with Gasteiger partial charge < -0.3 is 10.6 Å². The fourth-order valence-electron chi connectivity index (χ4n) is 3.28. The molecule has 6 nitrogen and oxygen atoms in total. The summed E-state index contributed by atoms with van der Waals surface area (Å²) in [7, 11) is 1.70. The van der Waals surface area contributed by atoms with Crippen molar-refractivity contribution in [1.82, 2.24) is 15.0 Å². The molecule has 2 aromatic heterocycles. The molecule has 2 heterocycles. The molecule has 0 aliphatic rings. The van der Waals surface area contributed by atoms with Crippen molar-refractivity contribution in [1.29, 1.82) is 0 Å². The molecule has 0 atom stereocenters. The third kappa shape index (κ3) is 4.59. The van der Waals surface area contributed by atoms with E-state index < -0.39 is 29.0 Å². The minimum atomic E-state index is -4.69. The molecule has 0 spiro atoms. The van der Waals surface area contributed by atoms with Crippen LogP contribution in [0.3, 0.4) is 0 Å². The molecule has 0 aliphatic heterocycles. The van der Waals surface area contributed by atoms with Crippen molar-refractivity contribution in [2.45, 2.75) is 13.1 Å². The number of carbonyl (C=O) groups is 1. The Labute approximate surface area is 185 Å². The molecule has 4 rings (SSSR count). The number of nitrogens with zero attached hydrogens (tertiary/aromatic N) is 3. The van der Waals surface area contributed by atoms with Gasteiger partial charge in [-0.25, -0.2) is 14.4 Å². The van der Waals surface area contributed by atoms with Gasteiger partial charge in [0.25, 0.3) is 5.91 Å². The highest BCUT2D eigenvalue weighted by molar-refractivity contribution is 6.05. The van der Waals surface area contributed by atoms with Gasteiger partial charge in [-0.05, 0) is 54.4 Å². The fourth-order valence-corrected chi connectivity index (χ4v) is 3.28. The summed E-state index contributed by atoms with van der Waals surface area (Å²) in [5, 5.41) is 6.01. The van der Waals surface area contributed by atoms with Crippen LogP contribution in [-0.4, -0.2) is 27.9 Å². The van der Waals surface area contributed by atoms with E-state index >= 15 is 0 Å². The predicted molar refractivity (Wildman–Crippen MR) is 116 cm³/mol. The summed E-state index contributed by atoms with van der Waals surface area (Å²) < 4.78 is 52.9. The zero-order chi connectivity index (χ0) is 23.8. The molecule has 2 N–H and O–H groups in total. The number of hydrogen-bond donors (Lipinski definition) is 2. The topological polar surface area (TPSA) is 79.8 Å². The molecule has 0 bridgehead atoms. The van der Waals surface area contributed by atoms with E-state index in [9.17, 15) is 22.4 Å². The van der Waals surface area contributed by atoms with Gasteiger partial charge in [0.2, 0.25) is 5.95 Å². The Morgan fingerprint density at radius 3 is 2.52 bits per heavy atom. The molecule has 168 valence electrons. The summed E-state index contributed by atoms with van der Waals surface area (Å²) in [6.07, 6.45) is -1.45. The van der Waals surface area contributed by atoms with Gasteiger partial charge in [0.15, 0.2) is 5.65 Å². The standard InChI is InChI=1S/C23H17F4N5O/c1-12-3-5-16(31-21(33)18-8-15(23(25,26)27)4-6-19(18)24)9-17(12)13-7-14-11-30-22(28-2)32-20(14)29-10-13/h3-11H,1-2H3,(H,31,33)(H,28,29,30,32). The van der Waals surface area contributed by atoms with Crippen LogP contribution in [0.15, 0.2) is 54.9 Å². The molecule has 2 aromatic carbocycles. The Hall–Kier alpha value is -4.08. The summed E-state index contributed by atoms with van der Waals surface area (Å²) >= 11 is 0. The average Bonchev–Trinajstić information content (AvgIpc) is 2.79. The van der Waals surface area contributed by atoms with Gasteiger partial charge in [0.1, 0.15) is 5.82 Å². The van der Waals surface area contributed by atoms with Gasteiger partial charge in [-0.2, -0.15) is 18.2 Å². The number of amides is 1. The van der Waals surface area contributed by atoms with Gasteiger partial charge in [0.05, 0.1) is 11.1 Å². The summed E-state index contributed by atoms with van der Waals surface area (Å²) in [5.74, 6) is -1.60. The Kier molecular flexibility index (Phi) is 5.67. The van der Waals surface area contributed by atoms with Crippen molar-refractivity contribution in [3.8, 4) is 11.1 Å². The molecule has 1 amide bonds. The van der Waals surface area contributed by atoms with Crippen LogP contribution >= 0.6 is 0 Å². The second-order valence-electron chi connectivity index (χ2n) is 7.26. The van der Waals surface area contributed by atoms with Gasteiger partial charge in [-0.15, -0.1) is 0 Å². The van der Waals surface area contributed by atoms with Gasteiger partial charge in [-0.3, -0.25) is 4.79 Å². The van der Waals surface area contributed by atoms with Crippen LogP contribution in [-0.2, 0) is 6.18 Å². The third-order valence-electron chi connectivity index (χ3n) is 5.00. The number of rotatable bonds is 4. The maximum Gasteiger partial charge on any atom is 0.416 e. The van der Waals surface area contributed by atoms with Crippen LogP contribution in [0.4, 0.5) is 29.2 Å². The fraction of sp³-hybridized carbons (Fsp3) is 0.130. The third-order valence-corrected chi connectivity index (χ3v) is 5.00. The summed E-state index contributed by atoms with van der Waals surface area (Å²) in [4.78, 5) is 25.3. The van der Waals surface area contributed by atoms with Gasteiger partial charge in [0, 0.05) is 36.1 Å². The molecular weight excluding hydrogens is 438 g/mol. The van der Waals surface area contributed by atoms with Crippen LogP contribution < -0.4 is 10.6 Å². The van der Waals surface area contributed by atoms with Crippen LogP contribution in [0.25, 0.3) is 22.2 Å². The zero-order valence-electron chi connectivity index (χ0n) is 17.5. The minimum Gasteiger partial charge on any atom is -0.357 e. The minimum absolute atomic E-state index is 0.291. The van der Waals surface area contributed by atoms with Crippen LogP contribution in [0.2, 0.25) is 0 Å². The Morgan fingerprint density at radius 2 is 1.79 bits per heavy atom. The predicted octanol–water partition coefficient (Wildman–Crippen LogP) is 5.45. The first-order chi connectivity index (χ1) is 15.7. The molecule has 0 saturated heterocycles. The van der Waals surface area contributed by atoms with E-state index in [4.69, 9.17) is 0 Å². The molecule has 4 aromatic rings. The molecule has 10 heteroatoms. The quantitative estimate of drug-likeness (QED) is 0.400. The number of alkyl halides is 3. The number of aromatic nitrogens is 3. The maximum atomic E-state index is 14.1.